The largest absolute Gasteiger partial charge is 0.416 e. The second kappa shape index (κ2) is 5.31. The van der Waals surface area contributed by atoms with Crippen LogP contribution in [0.1, 0.15) is 11.1 Å². The Labute approximate surface area is 116 Å². The third kappa shape index (κ3) is 3.90. The molecule has 2 rings (SSSR count). The molecule has 0 radical (unpaired) electrons. The first-order valence-corrected chi connectivity index (χ1v) is 5.78. The number of halogens is 6. The van der Waals surface area contributed by atoms with Crippen LogP contribution < -0.4 is 5.32 Å². The fraction of sp³-hybridized carbons (Fsp3) is 0.143. The minimum Gasteiger partial charge on any atom is -0.356 e. The smallest absolute Gasteiger partial charge is 0.356 e. The zero-order valence-corrected chi connectivity index (χ0v) is 10.4. The fourth-order valence-corrected chi connectivity index (χ4v) is 1.72. The summed E-state index contributed by atoms with van der Waals surface area (Å²) in [6, 6.07) is 9.35. The average molecular weight is 305 g/mol. The summed E-state index contributed by atoms with van der Waals surface area (Å²) >= 11 is 0. The molecule has 0 atom stereocenters. The molecule has 0 aliphatic carbocycles. The van der Waals surface area contributed by atoms with Gasteiger partial charge >= 0.3 is 12.4 Å². The van der Waals surface area contributed by atoms with E-state index < -0.39 is 23.5 Å². The summed E-state index contributed by atoms with van der Waals surface area (Å²) < 4.78 is 76.1. The molecule has 0 heterocycles. The van der Waals surface area contributed by atoms with Crippen LogP contribution in [0.5, 0.6) is 0 Å². The van der Waals surface area contributed by atoms with E-state index in [0.717, 1.165) is 0 Å². The van der Waals surface area contributed by atoms with E-state index in [2.05, 4.69) is 5.32 Å². The van der Waals surface area contributed by atoms with Crippen molar-refractivity contribution in [1.29, 1.82) is 0 Å². The van der Waals surface area contributed by atoms with Crippen molar-refractivity contribution in [3.8, 4) is 0 Å². The Morgan fingerprint density at radius 3 is 1.52 bits per heavy atom. The fourth-order valence-electron chi connectivity index (χ4n) is 1.72. The Hall–Kier alpha value is -2.18. The molecule has 0 bridgehead atoms. The van der Waals surface area contributed by atoms with E-state index in [1.54, 1.807) is 18.2 Å². The Balaban J connectivity index is 2.45. The second-order valence-corrected chi connectivity index (χ2v) is 4.29. The van der Waals surface area contributed by atoms with Crippen LogP contribution in [-0.4, -0.2) is 0 Å². The van der Waals surface area contributed by atoms with Crippen molar-refractivity contribution < 1.29 is 26.3 Å². The van der Waals surface area contributed by atoms with E-state index in [1.165, 1.54) is 12.1 Å². The lowest BCUT2D eigenvalue weighted by atomic mass is 10.1. The molecule has 0 aliphatic heterocycles. The molecule has 2 aromatic rings. The van der Waals surface area contributed by atoms with Gasteiger partial charge in [0.1, 0.15) is 0 Å². The molecule has 21 heavy (non-hydrogen) atoms. The van der Waals surface area contributed by atoms with E-state index >= 15 is 0 Å². The predicted molar refractivity (Wildman–Crippen MR) is 66.2 cm³/mol. The number of rotatable bonds is 2. The molecule has 0 spiro atoms. The number of para-hydroxylation sites is 1. The van der Waals surface area contributed by atoms with Gasteiger partial charge in [-0.05, 0) is 30.3 Å². The lowest BCUT2D eigenvalue weighted by Crippen LogP contribution is -2.11. The Morgan fingerprint density at radius 1 is 0.619 bits per heavy atom. The van der Waals surface area contributed by atoms with Crippen LogP contribution in [0.25, 0.3) is 0 Å². The van der Waals surface area contributed by atoms with Gasteiger partial charge in [0.15, 0.2) is 0 Å². The highest BCUT2D eigenvalue weighted by molar-refractivity contribution is 5.61. The van der Waals surface area contributed by atoms with Crippen molar-refractivity contribution in [3.63, 3.8) is 0 Å². The topological polar surface area (TPSA) is 12.0 Å². The van der Waals surface area contributed by atoms with E-state index in [9.17, 15) is 26.3 Å². The molecular weight excluding hydrogens is 296 g/mol. The van der Waals surface area contributed by atoms with Crippen molar-refractivity contribution in [2.45, 2.75) is 12.4 Å². The second-order valence-electron chi connectivity index (χ2n) is 4.29. The lowest BCUT2D eigenvalue weighted by molar-refractivity contribution is -0.143. The third-order valence-electron chi connectivity index (χ3n) is 2.65. The molecule has 1 nitrogen and oxygen atoms in total. The van der Waals surface area contributed by atoms with Crippen LogP contribution in [0.2, 0.25) is 0 Å². The van der Waals surface area contributed by atoms with Crippen molar-refractivity contribution >= 4 is 11.4 Å². The number of benzene rings is 2. The van der Waals surface area contributed by atoms with Crippen LogP contribution in [-0.2, 0) is 12.4 Å². The van der Waals surface area contributed by atoms with Gasteiger partial charge in [-0.1, -0.05) is 18.2 Å². The molecular formula is C14H9F6N. The van der Waals surface area contributed by atoms with Crippen molar-refractivity contribution in [2.24, 2.45) is 0 Å². The van der Waals surface area contributed by atoms with E-state index in [0.29, 0.717) is 17.8 Å². The molecule has 7 heteroatoms. The summed E-state index contributed by atoms with van der Waals surface area (Å²) in [5, 5.41) is 2.53. The molecule has 0 saturated carbocycles. The van der Waals surface area contributed by atoms with Crippen LogP contribution in [0.15, 0.2) is 48.5 Å². The lowest BCUT2D eigenvalue weighted by Gasteiger charge is -2.15. The molecule has 2 aromatic carbocycles. The summed E-state index contributed by atoms with van der Waals surface area (Å²) in [6.45, 7) is 0. The normalized spacial score (nSPS) is 12.3. The van der Waals surface area contributed by atoms with Crippen LogP contribution in [0, 0.1) is 0 Å². The first-order chi connectivity index (χ1) is 9.66. The van der Waals surface area contributed by atoms with Gasteiger partial charge in [0, 0.05) is 11.4 Å². The predicted octanol–water partition coefficient (Wildman–Crippen LogP) is 5.47. The van der Waals surface area contributed by atoms with Gasteiger partial charge in [0.2, 0.25) is 0 Å². The van der Waals surface area contributed by atoms with Crippen LogP contribution >= 0.6 is 0 Å². The highest BCUT2D eigenvalue weighted by Crippen LogP contribution is 2.38. The van der Waals surface area contributed by atoms with Gasteiger partial charge in [-0.25, -0.2) is 0 Å². The average Bonchev–Trinajstić information content (AvgIpc) is 2.37. The minimum atomic E-state index is -4.85. The summed E-state index contributed by atoms with van der Waals surface area (Å²) in [7, 11) is 0. The SMILES string of the molecule is FC(F)(F)c1cc(Nc2ccccc2)cc(C(F)(F)F)c1. The van der Waals surface area contributed by atoms with E-state index in [-0.39, 0.29) is 11.8 Å². The minimum absolute atomic E-state index is 0.0934. The Bertz CT molecular complexity index is 583. The summed E-state index contributed by atoms with van der Waals surface area (Å²) in [5.41, 5.74) is -2.58. The number of hydrogen-bond acceptors (Lipinski definition) is 1. The van der Waals surface area contributed by atoms with E-state index in [1.807, 2.05) is 0 Å². The number of hydrogen-bond donors (Lipinski definition) is 1. The van der Waals surface area contributed by atoms with Crippen LogP contribution in [0.4, 0.5) is 37.7 Å². The van der Waals surface area contributed by atoms with Gasteiger partial charge in [0.25, 0.3) is 0 Å². The molecule has 0 saturated heterocycles. The zero-order valence-electron chi connectivity index (χ0n) is 10.4. The number of alkyl halides is 6. The van der Waals surface area contributed by atoms with Gasteiger partial charge < -0.3 is 5.32 Å². The van der Waals surface area contributed by atoms with Crippen LogP contribution in [0.3, 0.4) is 0 Å². The highest BCUT2D eigenvalue weighted by Gasteiger charge is 2.36. The molecule has 0 aromatic heterocycles. The first-order valence-electron chi connectivity index (χ1n) is 5.78. The third-order valence-corrected chi connectivity index (χ3v) is 2.65. The molecule has 112 valence electrons. The quantitative estimate of drug-likeness (QED) is 0.726. The molecule has 0 aliphatic rings. The highest BCUT2D eigenvalue weighted by atomic mass is 19.4. The zero-order chi connectivity index (χ0) is 15.7. The Kier molecular flexibility index (Phi) is 3.85. The molecule has 0 unspecified atom stereocenters. The maximum atomic E-state index is 12.7. The van der Waals surface area contributed by atoms with Crippen molar-refractivity contribution in [1.82, 2.24) is 0 Å². The van der Waals surface area contributed by atoms with Crippen molar-refractivity contribution in [3.05, 3.63) is 59.7 Å². The Morgan fingerprint density at radius 2 is 1.10 bits per heavy atom. The van der Waals surface area contributed by atoms with Gasteiger partial charge in [0.05, 0.1) is 11.1 Å². The van der Waals surface area contributed by atoms with Crippen molar-refractivity contribution in [2.75, 3.05) is 5.32 Å². The molecule has 1 N–H and O–H groups in total. The van der Waals surface area contributed by atoms with Gasteiger partial charge in [-0.2, -0.15) is 26.3 Å². The van der Waals surface area contributed by atoms with Gasteiger partial charge in [-0.15, -0.1) is 0 Å². The maximum Gasteiger partial charge on any atom is 0.416 e. The summed E-state index contributed by atoms with van der Waals surface area (Å²) in [4.78, 5) is 0. The van der Waals surface area contributed by atoms with E-state index in [4.69, 9.17) is 0 Å². The van der Waals surface area contributed by atoms with Gasteiger partial charge in [-0.3, -0.25) is 0 Å². The maximum absolute atomic E-state index is 12.7. The monoisotopic (exact) mass is 305 g/mol. The number of nitrogens with one attached hydrogen (secondary N) is 1. The summed E-state index contributed by atoms with van der Waals surface area (Å²) in [5.74, 6) is 0. The standard InChI is InChI=1S/C14H9F6N/c15-13(16,17)9-6-10(14(18,19)20)8-12(7-9)21-11-4-2-1-3-5-11/h1-8,21H. The summed E-state index contributed by atoms with van der Waals surface area (Å²) in [6.07, 6.45) is -9.71. The molecule has 0 fully saturated rings. The number of anilines is 2. The molecule has 0 amide bonds. The first kappa shape index (κ1) is 15.2.